The molecule has 14 heteroatoms. The highest BCUT2D eigenvalue weighted by atomic mass is 16.4. The van der Waals surface area contributed by atoms with E-state index in [2.05, 4.69) is 20.9 Å². The number of aliphatic imine (C=N–C) groups is 1. The van der Waals surface area contributed by atoms with Crippen LogP contribution in [0.15, 0.2) is 4.99 Å². The second-order valence-electron chi connectivity index (χ2n) is 7.11. The molecule has 4 unspecified atom stereocenters. The number of carbonyl (C=O) groups excluding carboxylic acids is 3. The van der Waals surface area contributed by atoms with Crippen molar-refractivity contribution in [2.24, 2.45) is 28.1 Å². The number of amides is 3. The second kappa shape index (κ2) is 14.1. The molecule has 0 radical (unpaired) electrons. The molecule has 0 fully saturated rings. The zero-order valence-corrected chi connectivity index (χ0v) is 17.6. The number of carbonyl (C=O) groups is 4. The highest BCUT2D eigenvalue weighted by Gasteiger charge is 2.31. The van der Waals surface area contributed by atoms with Gasteiger partial charge in [-0.05, 0) is 18.8 Å². The van der Waals surface area contributed by atoms with Crippen LogP contribution >= 0.6 is 0 Å². The van der Waals surface area contributed by atoms with Crippen LogP contribution in [0.3, 0.4) is 0 Å². The third kappa shape index (κ3) is 10.6. The molecule has 0 saturated heterocycles. The molecule has 12 N–H and O–H groups in total. The van der Waals surface area contributed by atoms with Gasteiger partial charge in [-0.2, -0.15) is 0 Å². The van der Waals surface area contributed by atoms with Crippen molar-refractivity contribution in [3.63, 3.8) is 0 Å². The molecule has 4 atom stereocenters. The average Bonchev–Trinajstić information content (AvgIpc) is 2.70. The third-order valence-corrected chi connectivity index (χ3v) is 4.16. The van der Waals surface area contributed by atoms with E-state index >= 15 is 0 Å². The van der Waals surface area contributed by atoms with Gasteiger partial charge in [-0.3, -0.25) is 19.4 Å². The van der Waals surface area contributed by atoms with Crippen molar-refractivity contribution in [2.75, 3.05) is 19.8 Å². The predicted molar refractivity (Wildman–Crippen MR) is 110 cm³/mol. The van der Waals surface area contributed by atoms with Gasteiger partial charge in [-0.15, -0.1) is 0 Å². The average molecular weight is 447 g/mol. The molecular weight excluding hydrogens is 414 g/mol. The van der Waals surface area contributed by atoms with Crippen LogP contribution in [0.1, 0.15) is 26.7 Å². The first-order valence-corrected chi connectivity index (χ1v) is 9.61. The highest BCUT2D eigenvalue weighted by Crippen LogP contribution is 2.06. The fraction of sp³-hybridized carbons (Fsp3) is 0.706. The summed E-state index contributed by atoms with van der Waals surface area (Å²) in [4.78, 5) is 51.9. The number of carboxylic acids is 1. The molecule has 0 saturated carbocycles. The highest BCUT2D eigenvalue weighted by molar-refractivity contribution is 5.94. The van der Waals surface area contributed by atoms with Gasteiger partial charge >= 0.3 is 5.97 Å². The lowest BCUT2D eigenvalue weighted by Gasteiger charge is -2.26. The van der Waals surface area contributed by atoms with Crippen LogP contribution in [0.5, 0.6) is 0 Å². The Morgan fingerprint density at radius 1 is 0.903 bits per heavy atom. The summed E-state index contributed by atoms with van der Waals surface area (Å²) >= 11 is 0. The van der Waals surface area contributed by atoms with Gasteiger partial charge in [-0.1, -0.05) is 13.8 Å². The van der Waals surface area contributed by atoms with Crippen molar-refractivity contribution in [1.82, 2.24) is 16.0 Å². The number of aliphatic hydroxyl groups excluding tert-OH is 2. The van der Waals surface area contributed by atoms with E-state index < -0.39 is 67.0 Å². The van der Waals surface area contributed by atoms with Crippen LogP contribution in [0.2, 0.25) is 0 Å². The maximum atomic E-state index is 12.6. The van der Waals surface area contributed by atoms with E-state index in [1.54, 1.807) is 13.8 Å². The molecule has 3 amide bonds. The minimum Gasteiger partial charge on any atom is -0.480 e. The molecule has 0 bridgehead atoms. The number of nitrogens with zero attached hydrogens (tertiary/aromatic N) is 1. The van der Waals surface area contributed by atoms with E-state index in [4.69, 9.17) is 22.3 Å². The zero-order chi connectivity index (χ0) is 24.1. The molecule has 0 aliphatic heterocycles. The van der Waals surface area contributed by atoms with Crippen LogP contribution < -0.4 is 33.2 Å². The number of guanidine groups is 1. The number of nitrogens with two attached hydrogens (primary N) is 3. The Kier molecular flexibility index (Phi) is 12.8. The number of carboxylic acid groups (broad SMARTS) is 1. The van der Waals surface area contributed by atoms with Crippen molar-refractivity contribution in [2.45, 2.75) is 50.9 Å². The summed E-state index contributed by atoms with van der Waals surface area (Å²) in [7, 11) is 0. The normalized spacial score (nSPS) is 14.6. The summed E-state index contributed by atoms with van der Waals surface area (Å²) in [6.07, 6.45) is 0.336. The molecule has 0 aromatic carbocycles. The maximum absolute atomic E-state index is 12.6. The smallest absolute Gasteiger partial charge is 0.326 e. The van der Waals surface area contributed by atoms with Crippen LogP contribution in [0.25, 0.3) is 0 Å². The standard InChI is InChI=1S/C17H33N7O7/c1-8(2)12(24-14(28)11(7-26)23-13(27)9(18)6-25)15(29)22-10(16(30)31)4-3-5-21-17(19)20/h8-12,25-26H,3-7,18H2,1-2H3,(H,22,29)(H,23,27)(H,24,28)(H,30,31)(H4,19,20,21). The van der Waals surface area contributed by atoms with Crippen molar-refractivity contribution >= 4 is 29.7 Å². The monoisotopic (exact) mass is 447 g/mol. The van der Waals surface area contributed by atoms with Crippen molar-refractivity contribution in [3.05, 3.63) is 0 Å². The molecule has 0 rings (SSSR count). The first-order chi connectivity index (χ1) is 14.4. The number of nitrogens with one attached hydrogen (secondary N) is 3. The van der Waals surface area contributed by atoms with Gasteiger partial charge in [0.25, 0.3) is 0 Å². The van der Waals surface area contributed by atoms with Crippen LogP contribution in [-0.2, 0) is 19.2 Å². The lowest BCUT2D eigenvalue weighted by atomic mass is 10.0. The van der Waals surface area contributed by atoms with Gasteiger partial charge in [0.2, 0.25) is 17.7 Å². The van der Waals surface area contributed by atoms with Crippen LogP contribution in [-0.4, -0.2) is 88.9 Å². The molecule has 0 aliphatic rings. The Morgan fingerprint density at radius 3 is 1.94 bits per heavy atom. The van der Waals surface area contributed by atoms with Gasteiger partial charge in [-0.25, -0.2) is 4.79 Å². The van der Waals surface area contributed by atoms with Gasteiger partial charge in [0.05, 0.1) is 13.2 Å². The minimum atomic E-state index is -1.42. The Bertz CT molecular complexity index is 653. The fourth-order valence-corrected chi connectivity index (χ4v) is 2.37. The summed E-state index contributed by atoms with van der Waals surface area (Å²) in [6.45, 7) is 1.97. The Morgan fingerprint density at radius 2 is 1.48 bits per heavy atom. The molecule has 0 aromatic heterocycles. The van der Waals surface area contributed by atoms with Gasteiger partial charge in [0, 0.05) is 6.54 Å². The molecule has 178 valence electrons. The van der Waals surface area contributed by atoms with Gasteiger partial charge in [0.15, 0.2) is 5.96 Å². The Hall–Kier alpha value is -2.97. The third-order valence-electron chi connectivity index (χ3n) is 4.16. The topological polar surface area (TPSA) is 255 Å². The fourth-order valence-electron chi connectivity index (χ4n) is 2.37. The number of hydrogen-bond donors (Lipinski definition) is 9. The first-order valence-electron chi connectivity index (χ1n) is 9.61. The lowest BCUT2D eigenvalue weighted by Crippen LogP contribution is -2.59. The molecule has 0 aromatic rings. The molecule has 31 heavy (non-hydrogen) atoms. The minimum absolute atomic E-state index is 0.0466. The van der Waals surface area contributed by atoms with Crippen molar-refractivity contribution in [1.29, 1.82) is 0 Å². The summed E-state index contributed by atoms with van der Waals surface area (Å²) < 4.78 is 0. The second-order valence-corrected chi connectivity index (χ2v) is 7.11. The van der Waals surface area contributed by atoms with Crippen LogP contribution in [0, 0.1) is 5.92 Å². The molecule has 0 heterocycles. The van der Waals surface area contributed by atoms with E-state index in [1.807, 2.05) is 0 Å². The largest absolute Gasteiger partial charge is 0.480 e. The van der Waals surface area contributed by atoms with Crippen LogP contribution in [0.4, 0.5) is 0 Å². The van der Waals surface area contributed by atoms with E-state index in [0.717, 1.165) is 0 Å². The molecule has 14 nitrogen and oxygen atoms in total. The maximum Gasteiger partial charge on any atom is 0.326 e. The van der Waals surface area contributed by atoms with Crippen molar-refractivity contribution in [3.8, 4) is 0 Å². The SMILES string of the molecule is CC(C)C(NC(=O)C(CO)NC(=O)C(N)CO)C(=O)NC(CCCN=C(N)N)C(=O)O. The van der Waals surface area contributed by atoms with E-state index in [-0.39, 0.29) is 25.3 Å². The number of aliphatic carboxylic acids is 1. The van der Waals surface area contributed by atoms with E-state index in [1.165, 1.54) is 0 Å². The molecule has 0 aliphatic carbocycles. The van der Waals surface area contributed by atoms with Gasteiger partial charge < -0.3 is 48.5 Å². The molecular formula is C17H33N7O7. The zero-order valence-electron chi connectivity index (χ0n) is 17.6. The summed E-state index contributed by atoms with van der Waals surface area (Å²) in [5.41, 5.74) is 15.7. The Balaban J connectivity index is 5.11. The van der Waals surface area contributed by atoms with E-state index in [9.17, 15) is 29.4 Å². The number of hydrogen-bond acceptors (Lipinski definition) is 8. The number of aliphatic hydroxyl groups is 2. The molecule has 0 spiro atoms. The summed E-state index contributed by atoms with van der Waals surface area (Å²) in [5.74, 6) is -4.36. The summed E-state index contributed by atoms with van der Waals surface area (Å²) in [5, 5.41) is 34.5. The quantitative estimate of drug-likeness (QED) is 0.0700. The first kappa shape index (κ1) is 28.0. The van der Waals surface area contributed by atoms with E-state index in [0.29, 0.717) is 0 Å². The van der Waals surface area contributed by atoms with Crippen molar-refractivity contribution < 1.29 is 34.5 Å². The predicted octanol–water partition coefficient (Wildman–Crippen LogP) is -4.45. The number of rotatable bonds is 14. The summed E-state index contributed by atoms with van der Waals surface area (Å²) in [6, 6.07) is -5.10. The Labute approximate surface area is 179 Å². The lowest BCUT2D eigenvalue weighted by molar-refractivity contribution is -0.143. The van der Waals surface area contributed by atoms with Gasteiger partial charge in [0.1, 0.15) is 24.2 Å².